The Hall–Kier alpha value is -2.19. The molecular weight excluding hydrogens is 463 g/mol. The normalized spacial score (nSPS) is 13.5. The number of aliphatic hydroxyl groups is 1. The number of halogens is 1. The van der Waals surface area contributed by atoms with Crippen molar-refractivity contribution in [2.75, 3.05) is 13.1 Å². The summed E-state index contributed by atoms with van der Waals surface area (Å²) >= 11 is 0. The van der Waals surface area contributed by atoms with Crippen LogP contribution in [0.5, 0.6) is 0 Å². The maximum Gasteiger partial charge on any atom is 0.191 e. The van der Waals surface area contributed by atoms with E-state index < -0.39 is 6.10 Å². The van der Waals surface area contributed by atoms with Crippen molar-refractivity contribution in [1.29, 1.82) is 0 Å². The molecule has 0 aliphatic heterocycles. The molecule has 0 spiro atoms. The molecule has 0 radical (unpaired) electrons. The van der Waals surface area contributed by atoms with E-state index in [0.29, 0.717) is 5.96 Å². The van der Waals surface area contributed by atoms with Crippen LogP contribution in [0.1, 0.15) is 37.1 Å². The summed E-state index contributed by atoms with van der Waals surface area (Å²) in [6.45, 7) is 5.17. The van der Waals surface area contributed by atoms with Crippen LogP contribution in [0.3, 0.4) is 0 Å². The number of hydrogen-bond donors (Lipinski definition) is 3. The molecule has 0 aliphatic rings. The first-order chi connectivity index (χ1) is 13.2. The zero-order valence-corrected chi connectivity index (χ0v) is 18.5. The molecule has 0 saturated carbocycles. The fraction of sp³-hybridized carbons (Fsp3) is 0.273. The molecule has 6 heteroatoms. The molecule has 5 nitrogen and oxygen atoms in total. The number of hydrogen-bond acceptors (Lipinski definition) is 3. The first-order valence-electron chi connectivity index (χ1n) is 9.29. The third-order valence-corrected chi connectivity index (χ3v) is 4.50. The van der Waals surface area contributed by atoms with E-state index >= 15 is 0 Å². The van der Waals surface area contributed by atoms with Crippen LogP contribution in [0, 0.1) is 0 Å². The molecule has 3 rings (SSSR count). The van der Waals surface area contributed by atoms with Gasteiger partial charge < -0.3 is 15.7 Å². The largest absolute Gasteiger partial charge is 0.386 e. The summed E-state index contributed by atoms with van der Waals surface area (Å²) in [5.74, 6) is 0.686. The molecule has 2 unspecified atom stereocenters. The lowest BCUT2D eigenvalue weighted by atomic mass is 10.00. The topological polar surface area (TPSA) is 69.5 Å². The summed E-state index contributed by atoms with van der Waals surface area (Å²) in [5, 5.41) is 19.5. The van der Waals surface area contributed by atoms with Crippen molar-refractivity contribution in [3.8, 4) is 0 Å². The number of guanidine groups is 1. The highest BCUT2D eigenvalue weighted by molar-refractivity contribution is 14.0. The summed E-state index contributed by atoms with van der Waals surface area (Å²) in [7, 11) is 0. The van der Waals surface area contributed by atoms with Crippen LogP contribution in [-0.4, -0.2) is 29.1 Å². The van der Waals surface area contributed by atoms with Gasteiger partial charge in [0.25, 0.3) is 0 Å². The second-order valence-electron chi connectivity index (χ2n) is 6.45. The van der Waals surface area contributed by atoms with E-state index in [4.69, 9.17) is 0 Å². The van der Waals surface area contributed by atoms with Crippen molar-refractivity contribution >= 4 is 40.7 Å². The van der Waals surface area contributed by atoms with E-state index in [9.17, 15) is 5.11 Å². The summed E-state index contributed by atoms with van der Waals surface area (Å²) in [6.07, 6.45) is 2.69. The zero-order chi connectivity index (χ0) is 19.1. The van der Waals surface area contributed by atoms with Gasteiger partial charge in [-0.15, -0.1) is 24.0 Å². The van der Waals surface area contributed by atoms with Crippen LogP contribution in [0.25, 0.3) is 10.8 Å². The predicted molar refractivity (Wildman–Crippen MR) is 126 cm³/mol. The fourth-order valence-corrected chi connectivity index (χ4v) is 3.10. The molecule has 1 heterocycles. The number of aliphatic imine (C=N–C) groups is 1. The predicted octanol–water partition coefficient (Wildman–Crippen LogP) is 4.20. The average Bonchev–Trinajstić information content (AvgIpc) is 2.72. The maximum absolute atomic E-state index is 10.3. The second-order valence-corrected chi connectivity index (χ2v) is 6.45. The first kappa shape index (κ1) is 22.1. The van der Waals surface area contributed by atoms with Crippen LogP contribution in [0.4, 0.5) is 0 Å². The lowest BCUT2D eigenvalue weighted by Crippen LogP contribution is -2.39. The fourth-order valence-electron chi connectivity index (χ4n) is 3.10. The van der Waals surface area contributed by atoms with Gasteiger partial charge in [0.1, 0.15) is 0 Å². The first-order valence-corrected chi connectivity index (χ1v) is 9.29. The Kier molecular flexibility index (Phi) is 8.66. The summed E-state index contributed by atoms with van der Waals surface area (Å²) in [5.41, 5.74) is 2.03. The standard InChI is InChI=1S/C22H26N4O.HI/c1-3-24-22(25-15-21(27)18-11-13-23-14-12-18)26-16(2)19-10-6-8-17-7-4-5-9-20(17)19;/h4-14,16,21,27H,3,15H2,1-2H3,(H2,24,25,26);1H. The van der Waals surface area contributed by atoms with E-state index in [0.717, 1.165) is 12.1 Å². The molecule has 0 amide bonds. The minimum atomic E-state index is -0.656. The number of nitrogens with zero attached hydrogens (tertiary/aromatic N) is 2. The van der Waals surface area contributed by atoms with E-state index in [1.807, 2.05) is 6.92 Å². The van der Waals surface area contributed by atoms with E-state index in [1.165, 1.54) is 16.3 Å². The third-order valence-electron chi connectivity index (χ3n) is 4.50. The van der Waals surface area contributed by atoms with Crippen molar-refractivity contribution in [1.82, 2.24) is 15.6 Å². The summed E-state index contributed by atoms with van der Waals surface area (Å²) in [4.78, 5) is 8.54. The number of fused-ring (bicyclic) bond motifs is 1. The van der Waals surface area contributed by atoms with Crippen molar-refractivity contribution in [3.63, 3.8) is 0 Å². The SMILES string of the molecule is CCNC(=NCC(O)c1ccncc1)NC(C)c1cccc2ccccc12.I. The van der Waals surface area contributed by atoms with Gasteiger partial charge in [-0.25, -0.2) is 0 Å². The maximum atomic E-state index is 10.3. The number of aromatic nitrogens is 1. The lowest BCUT2D eigenvalue weighted by Gasteiger charge is -2.20. The average molecular weight is 490 g/mol. The monoisotopic (exact) mass is 490 g/mol. The second kappa shape index (κ2) is 11.0. The van der Waals surface area contributed by atoms with Gasteiger partial charge in [0.15, 0.2) is 5.96 Å². The van der Waals surface area contributed by atoms with Crippen molar-refractivity contribution in [3.05, 3.63) is 78.1 Å². The van der Waals surface area contributed by atoms with Gasteiger partial charge >= 0.3 is 0 Å². The molecule has 3 N–H and O–H groups in total. The number of benzene rings is 2. The molecular formula is C22H27IN4O. The molecule has 0 fully saturated rings. The molecule has 0 saturated heterocycles. The van der Waals surface area contributed by atoms with Gasteiger partial charge in [-0.3, -0.25) is 9.98 Å². The molecule has 0 bridgehead atoms. The minimum Gasteiger partial charge on any atom is -0.386 e. The van der Waals surface area contributed by atoms with Crippen LogP contribution >= 0.6 is 24.0 Å². The van der Waals surface area contributed by atoms with Gasteiger partial charge in [-0.05, 0) is 47.9 Å². The highest BCUT2D eigenvalue weighted by atomic mass is 127. The van der Waals surface area contributed by atoms with Gasteiger partial charge in [0.2, 0.25) is 0 Å². The summed E-state index contributed by atoms with van der Waals surface area (Å²) in [6, 6.07) is 18.4. The number of aliphatic hydroxyl groups excluding tert-OH is 1. The third kappa shape index (κ3) is 5.65. The Morgan fingerprint density at radius 3 is 2.54 bits per heavy atom. The van der Waals surface area contributed by atoms with E-state index in [1.54, 1.807) is 24.5 Å². The number of nitrogens with one attached hydrogen (secondary N) is 2. The molecule has 3 aromatic rings. The Balaban J connectivity index is 0.00000280. The highest BCUT2D eigenvalue weighted by Gasteiger charge is 2.12. The van der Waals surface area contributed by atoms with Crippen LogP contribution in [0.15, 0.2) is 72.0 Å². The molecule has 2 atom stereocenters. The highest BCUT2D eigenvalue weighted by Crippen LogP contribution is 2.24. The van der Waals surface area contributed by atoms with Crippen LogP contribution < -0.4 is 10.6 Å². The van der Waals surface area contributed by atoms with E-state index in [-0.39, 0.29) is 36.6 Å². The van der Waals surface area contributed by atoms with Crippen molar-refractivity contribution in [2.45, 2.75) is 26.0 Å². The van der Waals surface area contributed by atoms with Crippen LogP contribution in [-0.2, 0) is 0 Å². The molecule has 1 aromatic heterocycles. The Labute approximate surface area is 183 Å². The number of pyridine rings is 1. The van der Waals surface area contributed by atoms with Gasteiger partial charge in [0, 0.05) is 18.9 Å². The van der Waals surface area contributed by atoms with Gasteiger partial charge in [-0.2, -0.15) is 0 Å². The summed E-state index contributed by atoms with van der Waals surface area (Å²) < 4.78 is 0. The van der Waals surface area contributed by atoms with Gasteiger partial charge in [0.05, 0.1) is 18.7 Å². The number of rotatable bonds is 6. The minimum absolute atomic E-state index is 0. The van der Waals surface area contributed by atoms with Gasteiger partial charge in [-0.1, -0.05) is 42.5 Å². The Morgan fingerprint density at radius 1 is 1.07 bits per heavy atom. The quantitative estimate of drug-likeness (QED) is 0.275. The molecule has 0 aliphatic carbocycles. The molecule has 28 heavy (non-hydrogen) atoms. The zero-order valence-electron chi connectivity index (χ0n) is 16.2. The molecule has 2 aromatic carbocycles. The van der Waals surface area contributed by atoms with Crippen LogP contribution in [0.2, 0.25) is 0 Å². The Morgan fingerprint density at radius 2 is 1.79 bits per heavy atom. The van der Waals surface area contributed by atoms with E-state index in [2.05, 4.69) is 70.0 Å². The molecule has 148 valence electrons. The Bertz CT molecular complexity index is 896. The van der Waals surface area contributed by atoms with Crippen molar-refractivity contribution in [2.24, 2.45) is 4.99 Å². The lowest BCUT2D eigenvalue weighted by molar-refractivity contribution is 0.187. The van der Waals surface area contributed by atoms with Crippen molar-refractivity contribution < 1.29 is 5.11 Å². The smallest absolute Gasteiger partial charge is 0.191 e.